The predicted molar refractivity (Wildman–Crippen MR) is 81.0 cm³/mol. The highest BCUT2D eigenvalue weighted by Crippen LogP contribution is 2.28. The lowest BCUT2D eigenvalue weighted by Gasteiger charge is -2.26. The first-order valence-corrected chi connectivity index (χ1v) is 7.65. The van der Waals surface area contributed by atoms with Crippen molar-refractivity contribution in [3.8, 4) is 0 Å². The van der Waals surface area contributed by atoms with Crippen molar-refractivity contribution in [2.24, 2.45) is 0 Å². The number of hydrogen-bond acceptors (Lipinski definition) is 1. The van der Waals surface area contributed by atoms with Crippen molar-refractivity contribution >= 4 is 17.1 Å². The molecule has 0 aliphatic carbocycles. The van der Waals surface area contributed by atoms with Crippen LogP contribution in [0.15, 0.2) is 35.9 Å². The van der Waals surface area contributed by atoms with Gasteiger partial charge in [0, 0.05) is 0 Å². The molecule has 1 aromatic carbocycles. The van der Waals surface area contributed by atoms with Crippen molar-refractivity contribution in [1.29, 1.82) is 0 Å². The minimum Gasteiger partial charge on any atom is -0.242 e. The van der Waals surface area contributed by atoms with E-state index in [-0.39, 0.29) is 5.57 Å². The van der Waals surface area contributed by atoms with Gasteiger partial charge in [-0.2, -0.15) is 13.2 Å². The maximum atomic E-state index is 13.2. The number of hydrogen-bond donors (Lipinski definition) is 1. The first-order chi connectivity index (χ1) is 9.51. The van der Waals surface area contributed by atoms with Crippen LogP contribution in [0.1, 0.15) is 33.3 Å². The van der Waals surface area contributed by atoms with Gasteiger partial charge in [0.25, 0.3) is 0 Å². The van der Waals surface area contributed by atoms with E-state index in [0.29, 0.717) is 5.56 Å². The summed E-state index contributed by atoms with van der Waals surface area (Å²) in [4.78, 5) is 0. The zero-order valence-electron chi connectivity index (χ0n) is 12.5. The minimum atomic E-state index is -4.50. The van der Waals surface area contributed by atoms with E-state index in [1.54, 1.807) is 51.1 Å². The van der Waals surface area contributed by atoms with Gasteiger partial charge in [-0.15, -0.1) is 0 Å². The first-order valence-electron chi connectivity index (χ1n) is 6.50. The maximum Gasteiger partial charge on any atom is 0.408 e. The Morgan fingerprint density at radius 3 is 2.14 bits per heavy atom. The summed E-state index contributed by atoms with van der Waals surface area (Å²) >= 11 is 0. The van der Waals surface area contributed by atoms with Crippen LogP contribution in [0.5, 0.6) is 0 Å². The van der Waals surface area contributed by atoms with E-state index < -0.39 is 28.0 Å². The Labute approximate surface area is 126 Å². The Morgan fingerprint density at radius 1 is 1.19 bits per heavy atom. The molecule has 0 saturated carbocycles. The topological polar surface area (TPSA) is 29.1 Å². The Balaban J connectivity index is 3.04. The normalized spacial score (nSPS) is 16.6. The third kappa shape index (κ3) is 5.63. The van der Waals surface area contributed by atoms with Gasteiger partial charge in [-0.25, -0.2) is 8.93 Å². The summed E-state index contributed by atoms with van der Waals surface area (Å²) in [6, 6.07) is 6.80. The molecule has 0 radical (unpaired) electrons. The van der Waals surface area contributed by atoms with E-state index in [4.69, 9.17) is 0 Å². The van der Waals surface area contributed by atoms with E-state index >= 15 is 0 Å². The summed E-state index contributed by atoms with van der Waals surface area (Å²) in [5.41, 5.74) is 0.749. The summed E-state index contributed by atoms with van der Waals surface area (Å²) in [5.74, 6) is 0. The number of benzene rings is 1. The Hall–Kier alpha value is -1.14. The van der Waals surface area contributed by atoms with Crippen LogP contribution in [0, 0.1) is 0 Å². The molecule has 1 rings (SSSR count). The van der Waals surface area contributed by atoms with Crippen molar-refractivity contribution < 1.29 is 17.4 Å². The highest BCUT2D eigenvalue weighted by molar-refractivity contribution is 7.84. The molecule has 2 atom stereocenters. The standard InChI is InChI=1S/C15H20F3NOS/c1-11(10-12-8-6-5-7-9-12)13(15(16,17)18)19-21(20)14(2,3)4/h5-10,13,19H,1-4H3/b11-10+/t13-,21?/m0/s1. The molecule has 1 N–H and O–H groups in total. The molecule has 0 bridgehead atoms. The van der Waals surface area contributed by atoms with Crippen LogP contribution in [-0.2, 0) is 11.0 Å². The molecule has 2 nitrogen and oxygen atoms in total. The van der Waals surface area contributed by atoms with Gasteiger partial charge < -0.3 is 0 Å². The van der Waals surface area contributed by atoms with Crippen molar-refractivity contribution in [3.63, 3.8) is 0 Å². The van der Waals surface area contributed by atoms with Crippen LogP contribution in [-0.4, -0.2) is 21.2 Å². The average molecular weight is 319 g/mol. The highest BCUT2D eigenvalue weighted by atomic mass is 32.2. The molecule has 0 spiro atoms. The summed E-state index contributed by atoms with van der Waals surface area (Å²) in [6.07, 6.45) is -3.05. The quantitative estimate of drug-likeness (QED) is 0.890. The smallest absolute Gasteiger partial charge is 0.242 e. The van der Waals surface area contributed by atoms with Crippen LogP contribution in [0.3, 0.4) is 0 Å². The van der Waals surface area contributed by atoms with E-state index in [1.807, 2.05) is 0 Å². The number of halogens is 3. The monoisotopic (exact) mass is 319 g/mol. The molecular weight excluding hydrogens is 299 g/mol. The highest BCUT2D eigenvalue weighted by Gasteiger charge is 2.42. The zero-order chi connectivity index (χ0) is 16.3. The molecule has 0 fully saturated rings. The summed E-state index contributed by atoms with van der Waals surface area (Å²) < 4.78 is 52.9. The molecule has 0 heterocycles. The van der Waals surface area contributed by atoms with Gasteiger partial charge in [0.2, 0.25) is 0 Å². The number of nitrogens with one attached hydrogen (secondary N) is 1. The third-order valence-electron chi connectivity index (χ3n) is 2.76. The van der Waals surface area contributed by atoms with Crippen LogP contribution < -0.4 is 4.72 Å². The molecule has 1 aromatic rings. The lowest BCUT2D eigenvalue weighted by molar-refractivity contribution is -0.142. The molecule has 21 heavy (non-hydrogen) atoms. The van der Waals surface area contributed by atoms with Gasteiger partial charge in [0.05, 0.1) is 15.7 Å². The van der Waals surface area contributed by atoms with Crippen molar-refractivity contribution in [1.82, 2.24) is 4.72 Å². The molecule has 0 aromatic heterocycles. The molecular formula is C15H20F3NOS. The molecule has 6 heteroatoms. The van der Waals surface area contributed by atoms with Crippen LogP contribution in [0.2, 0.25) is 0 Å². The first kappa shape index (κ1) is 17.9. The van der Waals surface area contributed by atoms with Crippen molar-refractivity contribution in [2.45, 2.75) is 44.7 Å². The lowest BCUT2D eigenvalue weighted by Crippen LogP contribution is -2.48. The molecule has 118 valence electrons. The maximum absolute atomic E-state index is 13.2. The fraction of sp³-hybridized carbons (Fsp3) is 0.467. The fourth-order valence-corrected chi connectivity index (χ4v) is 2.48. The summed E-state index contributed by atoms with van der Waals surface area (Å²) in [5, 5.41) is 0. The molecule has 0 aliphatic heterocycles. The van der Waals surface area contributed by atoms with E-state index in [2.05, 4.69) is 4.72 Å². The van der Waals surface area contributed by atoms with Crippen LogP contribution in [0.25, 0.3) is 6.08 Å². The molecule has 0 amide bonds. The SMILES string of the molecule is C/C(=C\c1ccccc1)[C@H](NS(=O)C(C)(C)C)C(F)(F)F. The van der Waals surface area contributed by atoms with Gasteiger partial charge in [-0.05, 0) is 38.8 Å². The zero-order valence-corrected chi connectivity index (χ0v) is 13.3. The second-order valence-corrected chi connectivity index (χ2v) is 7.77. The Bertz CT molecular complexity index is 518. The van der Waals surface area contributed by atoms with Crippen LogP contribution in [0.4, 0.5) is 13.2 Å². The largest absolute Gasteiger partial charge is 0.408 e. The second kappa shape index (κ2) is 6.75. The van der Waals surface area contributed by atoms with Gasteiger partial charge in [-0.3, -0.25) is 0 Å². The van der Waals surface area contributed by atoms with Crippen molar-refractivity contribution in [3.05, 3.63) is 41.5 Å². The van der Waals surface area contributed by atoms with Gasteiger partial charge >= 0.3 is 6.18 Å². The second-order valence-electron chi connectivity index (χ2n) is 5.77. The Kier molecular flexibility index (Phi) is 5.75. The van der Waals surface area contributed by atoms with Gasteiger partial charge in [-0.1, -0.05) is 36.4 Å². The molecule has 0 aliphatic rings. The summed E-state index contributed by atoms with van der Waals surface area (Å²) in [6.45, 7) is 6.26. The van der Waals surface area contributed by atoms with E-state index in [9.17, 15) is 17.4 Å². The fourth-order valence-electron chi connectivity index (χ4n) is 1.60. The minimum absolute atomic E-state index is 0.0753. The van der Waals surface area contributed by atoms with E-state index in [1.165, 1.54) is 13.0 Å². The Morgan fingerprint density at radius 2 is 1.71 bits per heavy atom. The predicted octanol–water partition coefficient (Wildman–Crippen LogP) is 4.07. The third-order valence-corrected chi connectivity index (χ3v) is 4.32. The van der Waals surface area contributed by atoms with Crippen LogP contribution >= 0.6 is 0 Å². The molecule has 1 unspecified atom stereocenters. The number of rotatable bonds is 4. The van der Waals surface area contributed by atoms with Gasteiger partial charge in [0.1, 0.15) is 6.04 Å². The van der Waals surface area contributed by atoms with Gasteiger partial charge in [0.15, 0.2) is 0 Å². The van der Waals surface area contributed by atoms with E-state index in [0.717, 1.165) is 0 Å². The summed E-state index contributed by atoms with van der Waals surface area (Å²) in [7, 11) is -1.80. The lowest BCUT2D eigenvalue weighted by atomic mass is 10.1. The molecule has 0 saturated heterocycles. The number of alkyl halides is 3. The van der Waals surface area contributed by atoms with Crippen molar-refractivity contribution in [2.75, 3.05) is 0 Å². The average Bonchev–Trinajstić information content (AvgIpc) is 2.34.